The average Bonchev–Trinajstić information content (AvgIpc) is 2.46. The summed E-state index contributed by atoms with van der Waals surface area (Å²) in [5.41, 5.74) is 6.97. The predicted octanol–water partition coefficient (Wildman–Crippen LogP) is 3.00. The van der Waals surface area contributed by atoms with Gasteiger partial charge in [0.05, 0.1) is 0 Å². The fraction of sp³-hybridized carbons (Fsp3) is 0.562. The molecule has 1 saturated heterocycles. The van der Waals surface area contributed by atoms with Crippen molar-refractivity contribution in [1.82, 2.24) is 4.90 Å². The third-order valence-electron chi connectivity index (χ3n) is 4.22. The van der Waals surface area contributed by atoms with Gasteiger partial charge in [-0.3, -0.25) is 4.79 Å². The van der Waals surface area contributed by atoms with Crippen LogP contribution in [-0.4, -0.2) is 23.9 Å². The molecular formula is C16H25ClN2O. The van der Waals surface area contributed by atoms with Gasteiger partial charge >= 0.3 is 0 Å². The third kappa shape index (κ3) is 3.97. The molecule has 2 rings (SSSR count). The molecule has 2 N–H and O–H groups in total. The number of hydrogen-bond donors (Lipinski definition) is 1. The summed E-state index contributed by atoms with van der Waals surface area (Å²) >= 11 is 0. The number of nitrogens with two attached hydrogens (primary N) is 1. The number of piperidine rings is 1. The van der Waals surface area contributed by atoms with E-state index in [9.17, 15) is 4.79 Å². The maximum Gasteiger partial charge on any atom is 0.244 e. The number of nitrogens with zero attached hydrogens (tertiary/aromatic N) is 1. The second kappa shape index (κ2) is 7.65. The van der Waals surface area contributed by atoms with E-state index in [2.05, 4.69) is 13.8 Å². The van der Waals surface area contributed by atoms with E-state index in [1.54, 1.807) is 0 Å². The van der Waals surface area contributed by atoms with Crippen LogP contribution in [-0.2, 0) is 4.79 Å². The molecular weight excluding hydrogens is 272 g/mol. The van der Waals surface area contributed by atoms with Crippen molar-refractivity contribution in [3.8, 4) is 0 Å². The van der Waals surface area contributed by atoms with Crippen molar-refractivity contribution in [3.63, 3.8) is 0 Å². The van der Waals surface area contributed by atoms with Crippen molar-refractivity contribution >= 4 is 18.3 Å². The Kier molecular flexibility index (Phi) is 6.50. The zero-order valence-electron chi connectivity index (χ0n) is 12.3. The summed E-state index contributed by atoms with van der Waals surface area (Å²) in [6, 6.07) is 9.11. The lowest BCUT2D eigenvalue weighted by atomic mass is 9.86. The van der Waals surface area contributed by atoms with Crippen molar-refractivity contribution in [2.75, 3.05) is 13.1 Å². The first kappa shape index (κ1) is 17.0. The number of likely N-dealkylation sites (tertiary alicyclic amines) is 1. The molecule has 1 heterocycles. The standard InChI is InChI=1S/C16H24N2O.ClH/c1-12(2)13-8-10-18(11-9-13)16(19)15(17)14-6-4-3-5-7-14;/h3-7,12-13,15H,8-11,17H2,1-2H3;1H. The maximum absolute atomic E-state index is 12.4. The van der Waals surface area contributed by atoms with E-state index in [4.69, 9.17) is 5.73 Å². The van der Waals surface area contributed by atoms with Gasteiger partial charge in [0.1, 0.15) is 6.04 Å². The summed E-state index contributed by atoms with van der Waals surface area (Å²) in [5.74, 6) is 1.52. The van der Waals surface area contributed by atoms with Crippen molar-refractivity contribution < 1.29 is 4.79 Å². The van der Waals surface area contributed by atoms with E-state index in [-0.39, 0.29) is 18.3 Å². The van der Waals surface area contributed by atoms with E-state index in [1.807, 2.05) is 35.2 Å². The molecule has 0 bridgehead atoms. The summed E-state index contributed by atoms with van der Waals surface area (Å²) in [4.78, 5) is 14.3. The van der Waals surface area contributed by atoms with E-state index in [0.29, 0.717) is 5.92 Å². The van der Waals surface area contributed by atoms with Crippen LogP contribution in [0.25, 0.3) is 0 Å². The van der Waals surface area contributed by atoms with Crippen LogP contribution in [0.15, 0.2) is 30.3 Å². The lowest BCUT2D eigenvalue weighted by Gasteiger charge is -2.35. The van der Waals surface area contributed by atoms with Gasteiger partial charge in [0.2, 0.25) is 5.91 Å². The fourth-order valence-corrected chi connectivity index (χ4v) is 2.79. The van der Waals surface area contributed by atoms with Crippen LogP contribution in [0.5, 0.6) is 0 Å². The van der Waals surface area contributed by atoms with Gasteiger partial charge in [-0.1, -0.05) is 44.2 Å². The fourth-order valence-electron chi connectivity index (χ4n) is 2.79. The van der Waals surface area contributed by atoms with Gasteiger partial charge in [0, 0.05) is 13.1 Å². The van der Waals surface area contributed by atoms with Gasteiger partial charge in [0.15, 0.2) is 0 Å². The molecule has 0 aromatic heterocycles. The third-order valence-corrected chi connectivity index (χ3v) is 4.22. The highest BCUT2D eigenvalue weighted by molar-refractivity contribution is 5.85. The number of carbonyl (C=O) groups is 1. The normalized spacial score (nSPS) is 17.7. The maximum atomic E-state index is 12.4. The average molecular weight is 297 g/mol. The van der Waals surface area contributed by atoms with E-state index in [0.717, 1.165) is 37.4 Å². The number of amides is 1. The molecule has 3 nitrogen and oxygen atoms in total. The Morgan fingerprint density at radius 3 is 2.25 bits per heavy atom. The summed E-state index contributed by atoms with van der Waals surface area (Å²) < 4.78 is 0. The quantitative estimate of drug-likeness (QED) is 0.932. The van der Waals surface area contributed by atoms with Crippen LogP contribution in [0.2, 0.25) is 0 Å². The largest absolute Gasteiger partial charge is 0.341 e. The number of halogens is 1. The van der Waals surface area contributed by atoms with Gasteiger partial charge in [-0.15, -0.1) is 12.4 Å². The van der Waals surface area contributed by atoms with Crippen LogP contribution in [0.3, 0.4) is 0 Å². The first-order valence-corrected chi connectivity index (χ1v) is 7.19. The summed E-state index contributed by atoms with van der Waals surface area (Å²) in [6.07, 6.45) is 2.20. The number of benzene rings is 1. The molecule has 1 fully saturated rings. The molecule has 0 saturated carbocycles. The first-order valence-electron chi connectivity index (χ1n) is 7.19. The zero-order chi connectivity index (χ0) is 13.8. The Morgan fingerprint density at radius 2 is 1.75 bits per heavy atom. The highest BCUT2D eigenvalue weighted by Crippen LogP contribution is 2.25. The molecule has 1 atom stereocenters. The molecule has 1 aliphatic heterocycles. The Labute approximate surface area is 127 Å². The Morgan fingerprint density at radius 1 is 1.20 bits per heavy atom. The Hall–Kier alpha value is -1.06. The molecule has 0 radical (unpaired) electrons. The molecule has 0 spiro atoms. The molecule has 112 valence electrons. The summed E-state index contributed by atoms with van der Waals surface area (Å²) in [7, 11) is 0. The first-order chi connectivity index (χ1) is 9.09. The van der Waals surface area contributed by atoms with Crippen LogP contribution >= 0.6 is 12.4 Å². The van der Waals surface area contributed by atoms with Crippen molar-refractivity contribution in [3.05, 3.63) is 35.9 Å². The van der Waals surface area contributed by atoms with E-state index >= 15 is 0 Å². The second-order valence-corrected chi connectivity index (χ2v) is 5.80. The van der Waals surface area contributed by atoms with Crippen LogP contribution in [0.1, 0.15) is 38.3 Å². The van der Waals surface area contributed by atoms with Crippen molar-refractivity contribution in [2.45, 2.75) is 32.7 Å². The number of hydrogen-bond acceptors (Lipinski definition) is 2. The van der Waals surface area contributed by atoms with Gasteiger partial charge in [-0.05, 0) is 30.2 Å². The highest BCUT2D eigenvalue weighted by atomic mass is 35.5. The molecule has 1 amide bonds. The molecule has 4 heteroatoms. The monoisotopic (exact) mass is 296 g/mol. The van der Waals surface area contributed by atoms with Crippen LogP contribution in [0, 0.1) is 11.8 Å². The Balaban J connectivity index is 0.00000200. The van der Waals surface area contributed by atoms with Crippen molar-refractivity contribution in [2.24, 2.45) is 17.6 Å². The smallest absolute Gasteiger partial charge is 0.244 e. The summed E-state index contributed by atoms with van der Waals surface area (Å²) in [5, 5.41) is 0. The summed E-state index contributed by atoms with van der Waals surface area (Å²) in [6.45, 7) is 6.22. The second-order valence-electron chi connectivity index (χ2n) is 5.80. The topological polar surface area (TPSA) is 46.3 Å². The molecule has 0 aliphatic carbocycles. The van der Waals surface area contributed by atoms with Crippen LogP contribution in [0.4, 0.5) is 0 Å². The van der Waals surface area contributed by atoms with Gasteiger partial charge in [0.25, 0.3) is 0 Å². The Bertz CT molecular complexity index is 414. The molecule has 1 aromatic carbocycles. The number of rotatable bonds is 3. The molecule has 20 heavy (non-hydrogen) atoms. The minimum Gasteiger partial charge on any atom is -0.341 e. The SMILES string of the molecule is CC(C)C1CCN(C(=O)C(N)c2ccccc2)CC1.Cl. The van der Waals surface area contributed by atoms with Gasteiger partial charge in [-0.25, -0.2) is 0 Å². The van der Waals surface area contributed by atoms with Crippen LogP contribution < -0.4 is 5.73 Å². The molecule has 1 aliphatic rings. The van der Waals surface area contributed by atoms with Gasteiger partial charge in [-0.2, -0.15) is 0 Å². The van der Waals surface area contributed by atoms with Gasteiger partial charge < -0.3 is 10.6 Å². The highest BCUT2D eigenvalue weighted by Gasteiger charge is 2.27. The lowest BCUT2D eigenvalue weighted by molar-refractivity contribution is -0.134. The van der Waals surface area contributed by atoms with E-state index in [1.165, 1.54) is 0 Å². The molecule has 1 aromatic rings. The van der Waals surface area contributed by atoms with Crippen molar-refractivity contribution in [1.29, 1.82) is 0 Å². The minimum atomic E-state index is -0.517. The minimum absolute atomic E-state index is 0. The molecule has 1 unspecified atom stereocenters. The zero-order valence-corrected chi connectivity index (χ0v) is 13.1. The predicted molar refractivity (Wildman–Crippen MR) is 84.8 cm³/mol. The number of carbonyl (C=O) groups excluding carboxylic acids is 1. The van der Waals surface area contributed by atoms with E-state index < -0.39 is 6.04 Å². The lowest BCUT2D eigenvalue weighted by Crippen LogP contribution is -2.43.